The SMILES string of the molecule is C[C@@H](c1ccc(F)cc1F)N1CCN(C(=O)CCN)CC1. The molecule has 0 bridgehead atoms. The number of halogens is 2. The molecule has 2 rings (SSSR count). The number of carbonyl (C=O) groups is 1. The highest BCUT2D eigenvalue weighted by atomic mass is 19.1. The van der Waals surface area contributed by atoms with Crippen molar-refractivity contribution < 1.29 is 13.6 Å². The van der Waals surface area contributed by atoms with Gasteiger partial charge in [0.05, 0.1) is 0 Å². The second kappa shape index (κ2) is 6.95. The monoisotopic (exact) mass is 297 g/mol. The van der Waals surface area contributed by atoms with Gasteiger partial charge in [0, 0.05) is 56.8 Å². The summed E-state index contributed by atoms with van der Waals surface area (Å²) in [7, 11) is 0. The van der Waals surface area contributed by atoms with E-state index in [0.29, 0.717) is 44.7 Å². The highest BCUT2D eigenvalue weighted by Crippen LogP contribution is 2.24. The van der Waals surface area contributed by atoms with Gasteiger partial charge in [-0.2, -0.15) is 0 Å². The second-order valence-corrected chi connectivity index (χ2v) is 5.30. The van der Waals surface area contributed by atoms with Gasteiger partial charge in [0.2, 0.25) is 5.91 Å². The molecule has 1 aromatic rings. The van der Waals surface area contributed by atoms with Crippen molar-refractivity contribution in [3.8, 4) is 0 Å². The van der Waals surface area contributed by atoms with E-state index in [1.807, 2.05) is 6.92 Å². The number of carbonyl (C=O) groups excluding carboxylic acids is 1. The van der Waals surface area contributed by atoms with Gasteiger partial charge in [-0.05, 0) is 13.0 Å². The Kier molecular flexibility index (Phi) is 5.25. The highest BCUT2D eigenvalue weighted by molar-refractivity contribution is 5.76. The zero-order valence-electron chi connectivity index (χ0n) is 12.2. The summed E-state index contributed by atoms with van der Waals surface area (Å²) in [5.74, 6) is -1.03. The normalized spacial score (nSPS) is 17.8. The first-order valence-electron chi connectivity index (χ1n) is 7.19. The van der Waals surface area contributed by atoms with Gasteiger partial charge in [-0.3, -0.25) is 9.69 Å². The first kappa shape index (κ1) is 15.9. The maximum absolute atomic E-state index is 13.8. The summed E-state index contributed by atoms with van der Waals surface area (Å²) in [6.07, 6.45) is 0.363. The Balaban J connectivity index is 1.97. The third-order valence-electron chi connectivity index (χ3n) is 3.99. The van der Waals surface area contributed by atoms with Crippen LogP contribution in [0.15, 0.2) is 18.2 Å². The Morgan fingerprint density at radius 1 is 1.29 bits per heavy atom. The molecule has 0 aromatic heterocycles. The van der Waals surface area contributed by atoms with E-state index in [-0.39, 0.29) is 11.9 Å². The topological polar surface area (TPSA) is 49.6 Å². The summed E-state index contributed by atoms with van der Waals surface area (Å²) in [6.45, 7) is 4.84. The summed E-state index contributed by atoms with van der Waals surface area (Å²) >= 11 is 0. The molecule has 0 radical (unpaired) electrons. The summed E-state index contributed by atoms with van der Waals surface area (Å²) in [5, 5.41) is 0. The molecule has 1 aliphatic heterocycles. The van der Waals surface area contributed by atoms with E-state index in [1.165, 1.54) is 12.1 Å². The quantitative estimate of drug-likeness (QED) is 0.916. The van der Waals surface area contributed by atoms with E-state index in [2.05, 4.69) is 4.90 Å². The lowest BCUT2D eigenvalue weighted by molar-refractivity contribution is -0.133. The van der Waals surface area contributed by atoms with E-state index in [9.17, 15) is 13.6 Å². The fraction of sp³-hybridized carbons (Fsp3) is 0.533. The molecular formula is C15H21F2N3O. The van der Waals surface area contributed by atoms with Crippen LogP contribution >= 0.6 is 0 Å². The van der Waals surface area contributed by atoms with Gasteiger partial charge >= 0.3 is 0 Å². The number of piperazine rings is 1. The van der Waals surface area contributed by atoms with Gasteiger partial charge in [0.25, 0.3) is 0 Å². The van der Waals surface area contributed by atoms with Crippen LogP contribution in [-0.2, 0) is 4.79 Å². The van der Waals surface area contributed by atoms with Gasteiger partial charge in [-0.15, -0.1) is 0 Å². The van der Waals surface area contributed by atoms with Crippen LogP contribution in [0, 0.1) is 11.6 Å². The maximum Gasteiger partial charge on any atom is 0.223 e. The molecule has 1 saturated heterocycles. The average molecular weight is 297 g/mol. The number of hydrogen-bond donors (Lipinski definition) is 1. The number of rotatable bonds is 4. The van der Waals surface area contributed by atoms with Crippen LogP contribution in [-0.4, -0.2) is 48.4 Å². The summed E-state index contributed by atoms with van der Waals surface area (Å²) < 4.78 is 26.8. The smallest absolute Gasteiger partial charge is 0.223 e. The van der Waals surface area contributed by atoms with Gasteiger partial charge in [0.1, 0.15) is 11.6 Å². The lowest BCUT2D eigenvalue weighted by Gasteiger charge is -2.38. The van der Waals surface area contributed by atoms with E-state index >= 15 is 0 Å². The van der Waals surface area contributed by atoms with Crippen LogP contribution in [0.4, 0.5) is 8.78 Å². The largest absolute Gasteiger partial charge is 0.340 e. The number of hydrogen-bond acceptors (Lipinski definition) is 3. The van der Waals surface area contributed by atoms with Crippen molar-refractivity contribution in [2.45, 2.75) is 19.4 Å². The molecule has 1 amide bonds. The van der Waals surface area contributed by atoms with Crippen LogP contribution in [0.25, 0.3) is 0 Å². The minimum absolute atomic E-state index is 0.0674. The number of benzene rings is 1. The van der Waals surface area contributed by atoms with Gasteiger partial charge in [-0.1, -0.05) is 6.07 Å². The number of amides is 1. The second-order valence-electron chi connectivity index (χ2n) is 5.30. The third-order valence-corrected chi connectivity index (χ3v) is 3.99. The predicted octanol–water partition coefficient (Wildman–Crippen LogP) is 1.52. The third kappa shape index (κ3) is 3.77. The standard InChI is InChI=1S/C15H21F2N3O/c1-11(13-3-2-12(16)10-14(13)17)19-6-8-20(9-7-19)15(21)4-5-18/h2-3,10-11H,4-9,18H2,1H3/t11-/m0/s1. The first-order valence-corrected chi connectivity index (χ1v) is 7.19. The van der Waals surface area contributed by atoms with Crippen molar-refractivity contribution in [3.05, 3.63) is 35.4 Å². The molecule has 0 spiro atoms. The van der Waals surface area contributed by atoms with Crippen molar-refractivity contribution >= 4 is 5.91 Å². The molecule has 1 heterocycles. The summed E-state index contributed by atoms with van der Waals surface area (Å²) in [4.78, 5) is 15.7. The van der Waals surface area contributed by atoms with Crippen molar-refractivity contribution in [3.63, 3.8) is 0 Å². The summed E-state index contributed by atoms with van der Waals surface area (Å²) in [5.41, 5.74) is 5.87. The zero-order chi connectivity index (χ0) is 15.4. The minimum Gasteiger partial charge on any atom is -0.340 e. The fourth-order valence-corrected chi connectivity index (χ4v) is 2.68. The molecule has 0 saturated carbocycles. The molecular weight excluding hydrogens is 276 g/mol. The van der Waals surface area contributed by atoms with Gasteiger partial charge in [0.15, 0.2) is 0 Å². The van der Waals surface area contributed by atoms with Crippen molar-refractivity contribution in [2.75, 3.05) is 32.7 Å². The molecule has 2 N–H and O–H groups in total. The van der Waals surface area contributed by atoms with Gasteiger partial charge < -0.3 is 10.6 Å². The Labute approximate surface area is 123 Å². The van der Waals surface area contributed by atoms with E-state index < -0.39 is 11.6 Å². The molecule has 1 atom stereocenters. The lowest BCUT2D eigenvalue weighted by Crippen LogP contribution is -2.49. The van der Waals surface area contributed by atoms with Crippen molar-refractivity contribution in [1.29, 1.82) is 0 Å². The minimum atomic E-state index is -0.569. The van der Waals surface area contributed by atoms with E-state index in [1.54, 1.807) is 4.90 Å². The Bertz CT molecular complexity index is 502. The fourth-order valence-electron chi connectivity index (χ4n) is 2.68. The Morgan fingerprint density at radius 3 is 2.52 bits per heavy atom. The molecule has 116 valence electrons. The van der Waals surface area contributed by atoms with Crippen molar-refractivity contribution in [1.82, 2.24) is 9.80 Å². The molecule has 1 aromatic carbocycles. The molecule has 21 heavy (non-hydrogen) atoms. The first-order chi connectivity index (χ1) is 10.0. The van der Waals surface area contributed by atoms with Crippen LogP contribution in [0.1, 0.15) is 24.9 Å². The molecule has 1 fully saturated rings. The maximum atomic E-state index is 13.8. The molecule has 1 aliphatic rings. The predicted molar refractivity (Wildman–Crippen MR) is 76.6 cm³/mol. The zero-order valence-corrected chi connectivity index (χ0v) is 12.2. The molecule has 0 aliphatic carbocycles. The van der Waals surface area contributed by atoms with E-state index in [4.69, 9.17) is 5.73 Å². The summed E-state index contributed by atoms with van der Waals surface area (Å²) in [6, 6.07) is 3.53. The van der Waals surface area contributed by atoms with Crippen LogP contribution in [0.5, 0.6) is 0 Å². The highest BCUT2D eigenvalue weighted by Gasteiger charge is 2.25. The van der Waals surface area contributed by atoms with E-state index in [0.717, 1.165) is 6.07 Å². The molecule has 0 unspecified atom stereocenters. The Morgan fingerprint density at radius 2 is 1.95 bits per heavy atom. The number of nitrogens with two attached hydrogens (primary N) is 1. The molecule has 4 nitrogen and oxygen atoms in total. The molecule has 6 heteroatoms. The van der Waals surface area contributed by atoms with Crippen LogP contribution in [0.2, 0.25) is 0 Å². The lowest BCUT2D eigenvalue weighted by atomic mass is 10.1. The Hall–Kier alpha value is -1.53. The van der Waals surface area contributed by atoms with Crippen molar-refractivity contribution in [2.24, 2.45) is 5.73 Å². The van der Waals surface area contributed by atoms with Crippen LogP contribution in [0.3, 0.4) is 0 Å². The number of nitrogens with zero attached hydrogens (tertiary/aromatic N) is 2. The van der Waals surface area contributed by atoms with Gasteiger partial charge in [-0.25, -0.2) is 8.78 Å². The van der Waals surface area contributed by atoms with Crippen LogP contribution < -0.4 is 5.73 Å². The average Bonchev–Trinajstić information content (AvgIpc) is 2.47.